The highest BCUT2D eigenvalue weighted by atomic mass is 14.5. The normalized spacial score (nSPS) is 14.6. The Hall–Kier alpha value is -3.12. The molecule has 31 heavy (non-hydrogen) atoms. The summed E-state index contributed by atoms with van der Waals surface area (Å²) in [6.45, 7) is 9.26. The van der Waals surface area contributed by atoms with E-state index in [0.29, 0.717) is 11.8 Å². The van der Waals surface area contributed by atoms with Crippen molar-refractivity contribution in [2.75, 3.05) is 0 Å². The van der Waals surface area contributed by atoms with Crippen LogP contribution in [0.1, 0.15) is 72.9 Å². The van der Waals surface area contributed by atoms with E-state index in [9.17, 15) is 0 Å². The van der Waals surface area contributed by atoms with Crippen LogP contribution < -0.4 is 0 Å². The Morgan fingerprint density at radius 3 is 1.26 bits per heavy atom. The van der Waals surface area contributed by atoms with Gasteiger partial charge in [-0.15, -0.1) is 0 Å². The molecule has 0 saturated carbocycles. The van der Waals surface area contributed by atoms with E-state index in [4.69, 9.17) is 0 Å². The van der Waals surface area contributed by atoms with E-state index < -0.39 is 0 Å². The lowest BCUT2D eigenvalue weighted by molar-refractivity contribution is 0.785. The van der Waals surface area contributed by atoms with Gasteiger partial charge in [0, 0.05) is 0 Å². The lowest BCUT2D eigenvalue weighted by Crippen LogP contribution is -2.26. The van der Waals surface area contributed by atoms with Gasteiger partial charge in [0.1, 0.15) is 0 Å². The van der Waals surface area contributed by atoms with Gasteiger partial charge in [0.05, 0.1) is 5.41 Å². The summed E-state index contributed by atoms with van der Waals surface area (Å²) in [4.78, 5) is 0. The predicted octanol–water partition coefficient (Wildman–Crippen LogP) is 8.28. The molecular formula is C31H28. The molecule has 0 unspecified atom stereocenters. The maximum absolute atomic E-state index is 2.38. The van der Waals surface area contributed by atoms with Gasteiger partial charge in [0.25, 0.3) is 0 Å². The Kier molecular flexibility index (Phi) is 3.87. The highest BCUT2D eigenvalue weighted by Crippen LogP contribution is 2.64. The van der Waals surface area contributed by atoms with E-state index in [-0.39, 0.29) is 5.41 Å². The van der Waals surface area contributed by atoms with Crippen LogP contribution in [0.25, 0.3) is 22.3 Å². The van der Waals surface area contributed by atoms with Gasteiger partial charge < -0.3 is 0 Å². The molecule has 0 fully saturated rings. The number of hydrogen-bond donors (Lipinski definition) is 0. The Balaban J connectivity index is 1.85. The fourth-order valence-corrected chi connectivity index (χ4v) is 6.26. The summed E-state index contributed by atoms with van der Waals surface area (Å²) in [5.41, 5.74) is 14.2. The molecular weight excluding hydrogens is 372 g/mol. The van der Waals surface area contributed by atoms with Gasteiger partial charge in [-0.3, -0.25) is 0 Å². The molecule has 0 atom stereocenters. The Morgan fingerprint density at radius 1 is 0.452 bits per heavy atom. The molecule has 2 aliphatic carbocycles. The van der Waals surface area contributed by atoms with Gasteiger partial charge in [-0.05, 0) is 67.5 Å². The Morgan fingerprint density at radius 2 is 0.839 bits per heavy atom. The smallest absolute Gasteiger partial charge is 0.0619 e. The topological polar surface area (TPSA) is 0 Å². The summed E-state index contributed by atoms with van der Waals surface area (Å²) in [5, 5.41) is 0. The van der Waals surface area contributed by atoms with Crippen LogP contribution in [0.3, 0.4) is 0 Å². The maximum atomic E-state index is 2.38. The molecule has 0 aliphatic heterocycles. The van der Waals surface area contributed by atoms with Crippen LogP contribution in [0.5, 0.6) is 0 Å². The van der Waals surface area contributed by atoms with Crippen molar-refractivity contribution in [2.45, 2.75) is 44.9 Å². The summed E-state index contributed by atoms with van der Waals surface area (Å²) in [6.07, 6.45) is 0. The molecule has 0 saturated heterocycles. The van der Waals surface area contributed by atoms with Gasteiger partial charge in [-0.25, -0.2) is 0 Å². The molecule has 0 heteroatoms. The fourth-order valence-electron chi connectivity index (χ4n) is 6.26. The standard InChI is InChI=1S/C31H28/c1-19(2)21-13-9-17-27-29(21)23-11-5-7-15-25(23)31(27)26-16-8-6-12-24(26)30-22(20(3)4)14-10-18-28(30)31/h5-20H,1-4H3. The summed E-state index contributed by atoms with van der Waals surface area (Å²) in [5.74, 6) is 0.965. The van der Waals surface area contributed by atoms with Crippen LogP contribution in [0.4, 0.5) is 0 Å². The molecule has 1 spiro atoms. The first kappa shape index (κ1) is 18.6. The summed E-state index contributed by atoms with van der Waals surface area (Å²) < 4.78 is 0. The lowest BCUT2D eigenvalue weighted by Gasteiger charge is -2.31. The minimum Gasteiger partial charge on any atom is -0.0619 e. The fraction of sp³-hybridized carbons (Fsp3) is 0.226. The van der Waals surface area contributed by atoms with Crippen molar-refractivity contribution < 1.29 is 0 Å². The molecule has 0 N–H and O–H groups in total. The zero-order chi connectivity index (χ0) is 21.3. The third-order valence-corrected chi connectivity index (χ3v) is 7.45. The minimum atomic E-state index is -0.229. The molecule has 2 aliphatic rings. The van der Waals surface area contributed by atoms with Crippen LogP contribution in [-0.2, 0) is 5.41 Å². The first-order chi connectivity index (χ1) is 15.1. The third-order valence-electron chi connectivity index (χ3n) is 7.45. The van der Waals surface area contributed by atoms with Gasteiger partial charge in [-0.2, -0.15) is 0 Å². The molecule has 152 valence electrons. The minimum absolute atomic E-state index is 0.229. The Bertz CT molecular complexity index is 1230. The number of rotatable bonds is 2. The highest BCUT2D eigenvalue weighted by molar-refractivity contribution is 5.96. The van der Waals surface area contributed by atoms with Crippen molar-refractivity contribution in [1.82, 2.24) is 0 Å². The van der Waals surface area contributed by atoms with Crippen molar-refractivity contribution in [3.8, 4) is 22.3 Å². The zero-order valence-corrected chi connectivity index (χ0v) is 18.7. The molecule has 0 nitrogen and oxygen atoms in total. The zero-order valence-electron chi connectivity index (χ0n) is 18.7. The van der Waals surface area contributed by atoms with E-state index in [1.54, 1.807) is 0 Å². The first-order valence-electron chi connectivity index (χ1n) is 11.5. The second kappa shape index (κ2) is 6.44. The second-order valence-corrected chi connectivity index (χ2v) is 9.69. The Labute approximate surface area is 185 Å². The molecule has 0 amide bonds. The van der Waals surface area contributed by atoms with E-state index in [1.165, 1.54) is 55.6 Å². The monoisotopic (exact) mass is 400 g/mol. The molecule has 0 bridgehead atoms. The van der Waals surface area contributed by atoms with Gasteiger partial charge in [-0.1, -0.05) is 113 Å². The quantitative estimate of drug-likeness (QED) is 0.274. The van der Waals surface area contributed by atoms with Crippen LogP contribution >= 0.6 is 0 Å². The summed E-state index contributed by atoms with van der Waals surface area (Å²) in [6, 6.07) is 32.2. The summed E-state index contributed by atoms with van der Waals surface area (Å²) >= 11 is 0. The van der Waals surface area contributed by atoms with Gasteiger partial charge in [0.2, 0.25) is 0 Å². The maximum Gasteiger partial charge on any atom is 0.0725 e. The van der Waals surface area contributed by atoms with Crippen molar-refractivity contribution in [3.05, 3.63) is 118 Å². The molecule has 0 radical (unpaired) electrons. The van der Waals surface area contributed by atoms with E-state index in [1.807, 2.05) is 0 Å². The number of fused-ring (bicyclic) bond motifs is 10. The average molecular weight is 401 g/mol. The molecule has 6 rings (SSSR count). The third kappa shape index (κ3) is 2.20. The highest BCUT2D eigenvalue weighted by Gasteiger charge is 2.52. The summed E-state index contributed by atoms with van der Waals surface area (Å²) in [7, 11) is 0. The predicted molar refractivity (Wildman–Crippen MR) is 131 cm³/mol. The molecule has 0 heterocycles. The lowest BCUT2D eigenvalue weighted by atomic mass is 9.70. The van der Waals surface area contributed by atoms with Gasteiger partial charge in [0.15, 0.2) is 0 Å². The molecule has 4 aromatic rings. The van der Waals surface area contributed by atoms with Crippen molar-refractivity contribution in [1.29, 1.82) is 0 Å². The van der Waals surface area contributed by atoms with Crippen LogP contribution in [-0.4, -0.2) is 0 Å². The SMILES string of the molecule is CC(C)c1cccc2c1-c1ccccc1C21c2ccccc2-c2c(C(C)C)cccc21. The van der Waals surface area contributed by atoms with E-state index in [2.05, 4.69) is 113 Å². The van der Waals surface area contributed by atoms with Crippen molar-refractivity contribution >= 4 is 0 Å². The average Bonchev–Trinajstić information content (AvgIpc) is 3.26. The van der Waals surface area contributed by atoms with E-state index in [0.717, 1.165) is 0 Å². The largest absolute Gasteiger partial charge is 0.0725 e. The molecule has 4 aromatic carbocycles. The van der Waals surface area contributed by atoms with Crippen LogP contribution in [0.15, 0.2) is 84.9 Å². The second-order valence-electron chi connectivity index (χ2n) is 9.69. The van der Waals surface area contributed by atoms with Gasteiger partial charge >= 0.3 is 0 Å². The van der Waals surface area contributed by atoms with Crippen molar-refractivity contribution in [2.24, 2.45) is 0 Å². The van der Waals surface area contributed by atoms with Crippen LogP contribution in [0.2, 0.25) is 0 Å². The number of hydrogen-bond acceptors (Lipinski definition) is 0. The van der Waals surface area contributed by atoms with Crippen molar-refractivity contribution in [3.63, 3.8) is 0 Å². The van der Waals surface area contributed by atoms with Crippen LogP contribution in [0, 0.1) is 0 Å². The van der Waals surface area contributed by atoms with E-state index >= 15 is 0 Å². The number of benzene rings is 4. The molecule has 0 aromatic heterocycles. The first-order valence-corrected chi connectivity index (χ1v) is 11.5.